The molecule has 39 heavy (non-hydrogen) atoms. The smallest absolute Gasteiger partial charge is 0.335 e. The van der Waals surface area contributed by atoms with Crippen LogP contribution in [0.1, 0.15) is 85.4 Å². The Morgan fingerprint density at radius 2 is 1.72 bits per heavy atom. The van der Waals surface area contributed by atoms with Crippen molar-refractivity contribution >= 4 is 35.1 Å². The molecule has 214 valence electrons. The Kier molecular flexibility index (Phi) is 9.80. The molecule has 2 heterocycles. The summed E-state index contributed by atoms with van der Waals surface area (Å²) < 4.78 is 55.1. The van der Waals surface area contributed by atoms with E-state index in [9.17, 15) is 18.0 Å². The predicted molar refractivity (Wildman–Crippen MR) is 142 cm³/mol. The molecule has 0 aliphatic heterocycles. The average Bonchev–Trinajstić information content (AvgIpc) is 3.38. The van der Waals surface area contributed by atoms with E-state index in [1.54, 1.807) is 4.90 Å². The zero-order valence-corrected chi connectivity index (χ0v) is 23.7. The van der Waals surface area contributed by atoms with Crippen LogP contribution in [0.4, 0.5) is 13.2 Å². The minimum absolute atomic E-state index is 0.0101. The third kappa shape index (κ3) is 6.70. The van der Waals surface area contributed by atoms with Crippen molar-refractivity contribution < 1.29 is 27.1 Å². The molecule has 0 radical (unpaired) electrons. The summed E-state index contributed by atoms with van der Waals surface area (Å²) in [4.78, 5) is 19.4. The highest BCUT2D eigenvalue weighted by molar-refractivity contribution is 6.35. The summed E-state index contributed by atoms with van der Waals surface area (Å²) in [5.41, 5.74) is -0.781. The van der Waals surface area contributed by atoms with Crippen molar-refractivity contribution in [1.29, 1.82) is 0 Å². The molecule has 7 nitrogen and oxygen atoms in total. The number of nitrogens with zero attached hydrogens (tertiary/aromatic N) is 4. The standard InChI is InChI=1S/C27H34Cl2F3N4O3/c1-38-26(39-2)17-8-10-19(11-9-17)36-24(27(30,31)32)21(14-34-36)25(37)35(18-6-4-3-5-7-18)13-12-20-22(28)15-33-16-23(20)29/h14-19H,3-13H2,1-2H3/q+1. The molecule has 2 aliphatic rings. The monoisotopic (exact) mass is 589 g/mol. The number of hydrogen-bond donors (Lipinski definition) is 0. The number of ether oxygens (including phenoxy) is 1. The maximum absolute atomic E-state index is 14.5. The number of methoxy groups -OCH3 is 1. The topological polar surface area (TPSA) is 71.6 Å². The van der Waals surface area contributed by atoms with Crippen LogP contribution in [0, 0.1) is 5.92 Å². The van der Waals surface area contributed by atoms with Gasteiger partial charge in [0.15, 0.2) is 19.9 Å². The highest BCUT2D eigenvalue weighted by atomic mass is 35.5. The van der Waals surface area contributed by atoms with Crippen molar-refractivity contribution in [2.75, 3.05) is 20.8 Å². The lowest BCUT2D eigenvalue weighted by Gasteiger charge is -2.35. The summed E-state index contributed by atoms with van der Waals surface area (Å²) in [6.45, 7) is 0.188. The number of alkyl halides is 3. The van der Waals surface area contributed by atoms with Gasteiger partial charge in [-0.25, -0.2) is 0 Å². The van der Waals surface area contributed by atoms with E-state index >= 15 is 0 Å². The number of pyridine rings is 1. The van der Waals surface area contributed by atoms with Gasteiger partial charge in [0.2, 0.25) is 0 Å². The van der Waals surface area contributed by atoms with Gasteiger partial charge in [-0.3, -0.25) is 14.5 Å². The quantitative estimate of drug-likeness (QED) is 0.266. The number of aromatic nitrogens is 3. The van der Waals surface area contributed by atoms with E-state index in [0.717, 1.165) is 43.0 Å². The fourth-order valence-electron chi connectivity index (χ4n) is 5.96. The molecule has 0 bridgehead atoms. The highest BCUT2D eigenvalue weighted by Crippen LogP contribution is 2.40. The molecule has 0 unspecified atom stereocenters. The number of carbonyl (C=O) groups is 1. The summed E-state index contributed by atoms with van der Waals surface area (Å²) >= 11 is 12.6. The van der Waals surface area contributed by atoms with Gasteiger partial charge in [-0.05, 0) is 50.5 Å². The molecule has 4 rings (SSSR count). The Balaban J connectivity index is 1.62. The van der Waals surface area contributed by atoms with Crippen molar-refractivity contribution in [2.24, 2.45) is 5.92 Å². The fraction of sp³-hybridized carbons (Fsp3) is 0.630. The van der Waals surface area contributed by atoms with Crippen LogP contribution in [-0.2, 0) is 21.8 Å². The van der Waals surface area contributed by atoms with Crippen molar-refractivity contribution in [3.8, 4) is 0 Å². The first-order valence-electron chi connectivity index (χ1n) is 13.3. The van der Waals surface area contributed by atoms with E-state index in [1.807, 2.05) is 0 Å². The van der Waals surface area contributed by atoms with Crippen LogP contribution in [-0.4, -0.2) is 58.3 Å². The zero-order chi connectivity index (χ0) is 28.2. The first-order chi connectivity index (χ1) is 18.7. The lowest BCUT2D eigenvalue weighted by atomic mass is 9.86. The highest BCUT2D eigenvalue weighted by Gasteiger charge is 2.44. The third-order valence-corrected chi connectivity index (χ3v) is 8.56. The SMILES string of the molecule is COC(=[O+]C)C1CCC(n2ncc(C(=O)N(CCc3c(Cl)cncc3Cl)C3CCCCC3)c2C(F)(F)F)CC1. The number of halogens is 5. The van der Waals surface area contributed by atoms with Gasteiger partial charge in [0.05, 0.1) is 27.8 Å². The molecule has 0 atom stereocenters. The summed E-state index contributed by atoms with van der Waals surface area (Å²) in [5, 5.41) is 4.86. The largest absolute Gasteiger partial charge is 0.487 e. The average molecular weight is 590 g/mol. The first kappa shape index (κ1) is 29.6. The molecule has 0 aromatic carbocycles. The zero-order valence-electron chi connectivity index (χ0n) is 22.1. The van der Waals surface area contributed by atoms with Crippen LogP contribution in [0.5, 0.6) is 0 Å². The molecule has 0 N–H and O–H groups in total. The Bertz CT molecular complexity index is 1150. The molecule has 2 aliphatic carbocycles. The molecule has 2 aromatic rings. The number of rotatable bonds is 7. The number of hydrogen-bond acceptors (Lipinski definition) is 4. The Labute approximate surface area is 236 Å². The fourth-order valence-corrected chi connectivity index (χ4v) is 6.51. The second kappa shape index (κ2) is 12.9. The molecule has 0 spiro atoms. The van der Waals surface area contributed by atoms with Crippen LogP contribution in [0.25, 0.3) is 0 Å². The minimum Gasteiger partial charge on any atom is -0.335 e. The van der Waals surface area contributed by atoms with Gasteiger partial charge in [0.25, 0.3) is 5.91 Å². The summed E-state index contributed by atoms with van der Waals surface area (Å²) in [7, 11) is 3.04. The van der Waals surface area contributed by atoms with Gasteiger partial charge in [-0.2, -0.15) is 18.3 Å². The van der Waals surface area contributed by atoms with Crippen molar-refractivity contribution in [1.82, 2.24) is 19.7 Å². The normalized spacial score (nSPS) is 21.2. The van der Waals surface area contributed by atoms with Gasteiger partial charge >= 0.3 is 12.1 Å². The van der Waals surface area contributed by atoms with Gasteiger partial charge in [0.1, 0.15) is 5.92 Å². The van der Waals surface area contributed by atoms with Crippen LogP contribution >= 0.6 is 23.2 Å². The molecule has 12 heteroatoms. The maximum atomic E-state index is 14.5. The lowest BCUT2D eigenvalue weighted by Crippen LogP contribution is -2.43. The Hall–Kier alpha value is -2.33. The van der Waals surface area contributed by atoms with E-state index in [-0.39, 0.29) is 18.5 Å². The minimum atomic E-state index is -4.75. The maximum Gasteiger partial charge on any atom is 0.487 e. The number of amides is 1. The Morgan fingerprint density at radius 1 is 1.08 bits per heavy atom. The molecular weight excluding hydrogens is 556 g/mol. The second-order valence-electron chi connectivity index (χ2n) is 10.2. The molecule has 2 aromatic heterocycles. The van der Waals surface area contributed by atoms with Crippen LogP contribution in [0.3, 0.4) is 0 Å². The van der Waals surface area contributed by atoms with E-state index in [2.05, 4.69) is 10.1 Å². The van der Waals surface area contributed by atoms with Crippen LogP contribution in [0.2, 0.25) is 10.0 Å². The predicted octanol–water partition coefficient (Wildman–Crippen LogP) is 6.69. The van der Waals surface area contributed by atoms with Gasteiger partial charge in [0, 0.05) is 25.0 Å². The molecule has 1 amide bonds. The van der Waals surface area contributed by atoms with Gasteiger partial charge in [-0.1, -0.05) is 42.5 Å². The lowest BCUT2D eigenvalue weighted by molar-refractivity contribution is -0.435. The first-order valence-corrected chi connectivity index (χ1v) is 14.1. The number of carbonyl (C=O) groups excluding carboxylic acids is 2. The summed E-state index contributed by atoms with van der Waals surface area (Å²) in [6.07, 6.45) is 6.06. The van der Waals surface area contributed by atoms with Gasteiger partial charge in [-0.15, -0.1) is 0 Å². The summed E-state index contributed by atoms with van der Waals surface area (Å²) in [5.74, 6) is -0.168. The molecule has 2 saturated carbocycles. The Morgan fingerprint density at radius 3 is 2.28 bits per heavy atom. The van der Waals surface area contributed by atoms with Crippen molar-refractivity contribution in [3.63, 3.8) is 0 Å². The van der Waals surface area contributed by atoms with E-state index in [1.165, 1.54) is 26.6 Å². The van der Waals surface area contributed by atoms with E-state index in [4.69, 9.17) is 32.4 Å². The molecule has 0 saturated heterocycles. The molecular formula is C27H34Cl2F3N4O3+. The second-order valence-corrected chi connectivity index (χ2v) is 11.0. The van der Waals surface area contributed by atoms with E-state index in [0.29, 0.717) is 53.7 Å². The number of esters is 1. The third-order valence-electron chi connectivity index (χ3n) is 7.90. The molecule has 2 fully saturated rings. The van der Waals surface area contributed by atoms with Gasteiger partial charge < -0.3 is 14.1 Å². The van der Waals surface area contributed by atoms with Crippen LogP contribution < -0.4 is 0 Å². The van der Waals surface area contributed by atoms with Crippen molar-refractivity contribution in [2.45, 2.75) is 82.5 Å². The van der Waals surface area contributed by atoms with Crippen molar-refractivity contribution in [3.05, 3.63) is 45.5 Å². The van der Waals surface area contributed by atoms with Crippen LogP contribution in [0.15, 0.2) is 18.6 Å². The van der Waals surface area contributed by atoms with E-state index < -0.39 is 29.4 Å². The summed E-state index contributed by atoms with van der Waals surface area (Å²) in [6, 6.07) is -0.644.